The summed E-state index contributed by atoms with van der Waals surface area (Å²) in [6.07, 6.45) is 0.782. The molecule has 0 aromatic rings. The number of hydrogen-bond acceptors (Lipinski definition) is 2. The molecule has 1 saturated heterocycles. The normalized spacial score (nSPS) is 30.9. The Hall–Kier alpha value is -0.370. The lowest BCUT2D eigenvalue weighted by atomic mass is 10.0. The highest BCUT2D eigenvalue weighted by atomic mass is 16.1. The summed E-state index contributed by atoms with van der Waals surface area (Å²) in [4.78, 5) is 12.9. The minimum absolute atomic E-state index is 0.385. The second-order valence-electron chi connectivity index (χ2n) is 3.04. The monoisotopic (exact) mass is 127 g/mol. The van der Waals surface area contributed by atoms with Crippen molar-refractivity contribution >= 4 is 5.78 Å². The maximum atomic E-state index is 10.8. The molecule has 1 aliphatic rings. The van der Waals surface area contributed by atoms with Gasteiger partial charge in [-0.2, -0.15) is 0 Å². The Morgan fingerprint density at radius 2 is 2.33 bits per heavy atom. The molecule has 0 aromatic heterocycles. The first-order chi connectivity index (χ1) is 4.18. The first-order valence-corrected chi connectivity index (χ1v) is 3.38. The average molecular weight is 127 g/mol. The summed E-state index contributed by atoms with van der Waals surface area (Å²) < 4.78 is 0. The summed E-state index contributed by atoms with van der Waals surface area (Å²) >= 11 is 0. The van der Waals surface area contributed by atoms with Gasteiger partial charge in [-0.05, 0) is 13.0 Å². The van der Waals surface area contributed by atoms with Gasteiger partial charge in [0.2, 0.25) is 0 Å². The lowest BCUT2D eigenvalue weighted by Crippen LogP contribution is -2.36. The second kappa shape index (κ2) is 2.48. The molecule has 0 unspecified atom stereocenters. The van der Waals surface area contributed by atoms with Crippen molar-refractivity contribution in [2.45, 2.75) is 13.3 Å². The van der Waals surface area contributed by atoms with Crippen molar-refractivity contribution in [2.75, 3.05) is 20.1 Å². The number of carbonyl (C=O) groups is 1. The average Bonchev–Trinajstić information content (AvgIpc) is 1.59. The molecule has 0 saturated carbocycles. The molecule has 0 N–H and O–H groups in total. The van der Waals surface area contributed by atoms with Crippen LogP contribution in [0, 0.1) is 5.92 Å². The predicted octanol–water partition coefficient (Wildman–Crippen LogP) is 0.527. The van der Waals surface area contributed by atoms with E-state index in [1.807, 2.05) is 7.05 Å². The lowest BCUT2D eigenvalue weighted by Gasteiger charge is -2.25. The van der Waals surface area contributed by atoms with Crippen LogP contribution in [-0.2, 0) is 4.79 Å². The molecule has 1 rings (SSSR count). The molecule has 0 bridgehead atoms. The molecule has 52 valence electrons. The Bertz CT molecular complexity index is 110. The molecule has 0 amide bonds. The molecule has 1 fully saturated rings. The van der Waals surface area contributed by atoms with Crippen LogP contribution < -0.4 is 0 Å². The highest BCUT2D eigenvalue weighted by molar-refractivity contribution is 5.81. The number of ketones is 1. The minimum atomic E-state index is 0.385. The van der Waals surface area contributed by atoms with E-state index in [0.29, 0.717) is 18.2 Å². The number of hydrogen-bond donors (Lipinski definition) is 0. The quantitative estimate of drug-likeness (QED) is 0.473. The van der Waals surface area contributed by atoms with Crippen LogP contribution in [-0.4, -0.2) is 30.8 Å². The Kier molecular flexibility index (Phi) is 1.86. The first-order valence-electron chi connectivity index (χ1n) is 3.38. The fraction of sp³-hybridized carbons (Fsp3) is 0.857. The van der Waals surface area contributed by atoms with Crippen molar-refractivity contribution in [2.24, 2.45) is 5.92 Å². The third-order valence-electron chi connectivity index (χ3n) is 1.65. The number of piperidine rings is 1. The number of likely N-dealkylation sites (tertiary alicyclic amines) is 1. The Morgan fingerprint density at radius 3 is 2.78 bits per heavy atom. The fourth-order valence-electron chi connectivity index (χ4n) is 1.42. The molecule has 1 heterocycles. The van der Waals surface area contributed by atoms with Crippen LogP contribution in [0.5, 0.6) is 0 Å². The van der Waals surface area contributed by atoms with E-state index in [4.69, 9.17) is 0 Å². The lowest BCUT2D eigenvalue weighted by molar-refractivity contribution is -0.123. The van der Waals surface area contributed by atoms with Gasteiger partial charge >= 0.3 is 0 Å². The molecule has 0 aromatic carbocycles. The van der Waals surface area contributed by atoms with E-state index in [1.54, 1.807) is 0 Å². The van der Waals surface area contributed by atoms with E-state index in [9.17, 15) is 4.79 Å². The number of likely N-dealkylation sites (N-methyl/N-ethyl adjacent to an activating group) is 1. The SMILES string of the molecule is C[C@H]1CC(=O)CN(C)C1. The number of rotatable bonds is 0. The zero-order valence-electron chi connectivity index (χ0n) is 6.05. The van der Waals surface area contributed by atoms with E-state index in [1.165, 1.54) is 0 Å². The largest absolute Gasteiger partial charge is 0.299 e. The van der Waals surface area contributed by atoms with Crippen LogP contribution in [0.3, 0.4) is 0 Å². The van der Waals surface area contributed by atoms with E-state index in [2.05, 4.69) is 11.8 Å². The maximum absolute atomic E-state index is 10.8. The molecule has 9 heavy (non-hydrogen) atoms. The van der Waals surface area contributed by atoms with Gasteiger partial charge in [-0.3, -0.25) is 9.69 Å². The Balaban J connectivity index is 2.43. The molecule has 0 radical (unpaired) electrons. The molecule has 2 heteroatoms. The Morgan fingerprint density at radius 1 is 1.67 bits per heavy atom. The van der Waals surface area contributed by atoms with Gasteiger partial charge in [0.1, 0.15) is 5.78 Å². The summed E-state index contributed by atoms with van der Waals surface area (Å²) in [7, 11) is 1.99. The molecular weight excluding hydrogens is 114 g/mol. The van der Waals surface area contributed by atoms with Crippen LogP contribution in [0.25, 0.3) is 0 Å². The second-order valence-corrected chi connectivity index (χ2v) is 3.04. The van der Waals surface area contributed by atoms with Gasteiger partial charge in [-0.1, -0.05) is 6.92 Å². The number of nitrogens with zero attached hydrogens (tertiary/aromatic N) is 1. The minimum Gasteiger partial charge on any atom is -0.299 e. The summed E-state index contributed by atoms with van der Waals surface area (Å²) in [5.41, 5.74) is 0. The summed E-state index contributed by atoms with van der Waals surface area (Å²) in [5, 5.41) is 0. The smallest absolute Gasteiger partial charge is 0.147 e. The van der Waals surface area contributed by atoms with Crippen molar-refractivity contribution in [3.05, 3.63) is 0 Å². The molecule has 2 nitrogen and oxygen atoms in total. The van der Waals surface area contributed by atoms with Gasteiger partial charge in [0.25, 0.3) is 0 Å². The number of Topliss-reactive ketones (excluding diaryl/α,β-unsaturated/α-hetero) is 1. The van der Waals surface area contributed by atoms with E-state index < -0.39 is 0 Å². The summed E-state index contributed by atoms with van der Waals surface area (Å²) in [5.74, 6) is 0.951. The zero-order chi connectivity index (χ0) is 6.85. The van der Waals surface area contributed by atoms with Gasteiger partial charge in [-0.15, -0.1) is 0 Å². The van der Waals surface area contributed by atoms with Crippen molar-refractivity contribution in [1.29, 1.82) is 0 Å². The summed E-state index contributed by atoms with van der Waals surface area (Å²) in [6, 6.07) is 0. The Labute approximate surface area is 55.8 Å². The van der Waals surface area contributed by atoms with Gasteiger partial charge < -0.3 is 0 Å². The highest BCUT2D eigenvalue weighted by Gasteiger charge is 2.18. The van der Waals surface area contributed by atoms with Crippen LogP contribution in [0.2, 0.25) is 0 Å². The van der Waals surface area contributed by atoms with E-state index in [-0.39, 0.29) is 0 Å². The van der Waals surface area contributed by atoms with Gasteiger partial charge in [0, 0.05) is 13.0 Å². The van der Waals surface area contributed by atoms with Crippen LogP contribution in [0.1, 0.15) is 13.3 Å². The van der Waals surface area contributed by atoms with Gasteiger partial charge in [-0.25, -0.2) is 0 Å². The molecular formula is C7H13NO. The first kappa shape index (κ1) is 6.75. The van der Waals surface area contributed by atoms with Crippen molar-refractivity contribution in [1.82, 2.24) is 4.90 Å². The van der Waals surface area contributed by atoms with Gasteiger partial charge in [0.15, 0.2) is 0 Å². The fourth-order valence-corrected chi connectivity index (χ4v) is 1.42. The maximum Gasteiger partial charge on any atom is 0.147 e. The molecule has 1 aliphatic heterocycles. The topological polar surface area (TPSA) is 20.3 Å². The van der Waals surface area contributed by atoms with Crippen LogP contribution in [0.15, 0.2) is 0 Å². The van der Waals surface area contributed by atoms with Crippen LogP contribution >= 0.6 is 0 Å². The third kappa shape index (κ3) is 1.79. The highest BCUT2D eigenvalue weighted by Crippen LogP contribution is 2.10. The molecule has 0 aliphatic carbocycles. The van der Waals surface area contributed by atoms with Gasteiger partial charge in [0.05, 0.1) is 6.54 Å². The number of carbonyl (C=O) groups excluding carboxylic acids is 1. The third-order valence-corrected chi connectivity index (χ3v) is 1.65. The predicted molar refractivity (Wildman–Crippen MR) is 36.3 cm³/mol. The van der Waals surface area contributed by atoms with Crippen molar-refractivity contribution < 1.29 is 4.79 Å². The van der Waals surface area contributed by atoms with E-state index >= 15 is 0 Å². The van der Waals surface area contributed by atoms with Crippen LogP contribution in [0.4, 0.5) is 0 Å². The van der Waals surface area contributed by atoms with Crippen molar-refractivity contribution in [3.8, 4) is 0 Å². The standard InChI is InChI=1S/C7H13NO/c1-6-3-7(9)5-8(2)4-6/h6H,3-5H2,1-2H3/t6-/m0/s1. The molecule has 1 atom stereocenters. The van der Waals surface area contributed by atoms with Crippen molar-refractivity contribution in [3.63, 3.8) is 0 Å². The zero-order valence-corrected chi connectivity index (χ0v) is 6.05. The summed E-state index contributed by atoms with van der Waals surface area (Å²) in [6.45, 7) is 3.85. The van der Waals surface area contributed by atoms with E-state index in [0.717, 1.165) is 13.0 Å². The molecule has 0 spiro atoms.